The Hall–Kier alpha value is -0.682. The molecule has 31 heavy (non-hydrogen) atoms. The molecule has 0 saturated carbocycles. The first kappa shape index (κ1) is 26.6. The van der Waals surface area contributed by atoms with Crippen molar-refractivity contribution in [3.8, 4) is 0 Å². The minimum atomic E-state index is -3.72. The van der Waals surface area contributed by atoms with E-state index in [0.29, 0.717) is 50.5 Å². The van der Waals surface area contributed by atoms with Crippen molar-refractivity contribution in [1.82, 2.24) is 0 Å². The molecule has 0 unspecified atom stereocenters. The van der Waals surface area contributed by atoms with Crippen LogP contribution in [0.5, 0.6) is 0 Å². The summed E-state index contributed by atoms with van der Waals surface area (Å²) in [4.78, 5) is 34.0. The minimum Gasteiger partial charge on any atom is 2.00 e. The van der Waals surface area contributed by atoms with Crippen molar-refractivity contribution in [3.05, 3.63) is 51.4 Å². The zero-order chi connectivity index (χ0) is 21.7. The van der Waals surface area contributed by atoms with Gasteiger partial charge in [0.1, 0.15) is 0 Å². The molecule has 0 spiro atoms. The van der Waals surface area contributed by atoms with Gasteiger partial charge in [-0.3, -0.25) is 0 Å². The van der Waals surface area contributed by atoms with Crippen molar-refractivity contribution >= 4 is 56.9 Å². The average molecular weight is 624 g/mol. The Balaban J connectivity index is 0.00000341. The average Bonchev–Trinajstić information content (AvgIpc) is 2.65. The van der Waals surface area contributed by atoms with Gasteiger partial charge in [-0.25, -0.2) is 0 Å². The number of hydrogen-bond donors (Lipinski definition) is 0. The molecule has 3 rings (SSSR count). The van der Waals surface area contributed by atoms with Crippen molar-refractivity contribution in [1.29, 1.82) is 0 Å². The summed E-state index contributed by atoms with van der Waals surface area (Å²) < 4.78 is 19.2. The number of nitrogens with zero attached hydrogens (tertiary/aromatic N) is 4. The van der Waals surface area contributed by atoms with Crippen LogP contribution in [0.1, 0.15) is 37.5 Å². The van der Waals surface area contributed by atoms with Crippen molar-refractivity contribution in [2.75, 3.05) is 26.2 Å². The summed E-state index contributed by atoms with van der Waals surface area (Å²) in [5.41, 5.74) is 0.644. The Labute approximate surface area is 202 Å². The van der Waals surface area contributed by atoms with Crippen LogP contribution in [0, 0.1) is 6.92 Å². The van der Waals surface area contributed by atoms with E-state index < -0.39 is 27.9 Å². The van der Waals surface area contributed by atoms with Gasteiger partial charge in [-0.2, -0.15) is 0 Å². The van der Waals surface area contributed by atoms with Crippen LogP contribution in [0.15, 0.2) is 40.5 Å². The summed E-state index contributed by atoms with van der Waals surface area (Å²) >= 11 is -3.72. The summed E-state index contributed by atoms with van der Waals surface area (Å²) in [7, 11) is 12.6. The van der Waals surface area contributed by atoms with Gasteiger partial charge in [-0.1, -0.05) is 0 Å². The van der Waals surface area contributed by atoms with E-state index in [-0.39, 0.29) is 33.6 Å². The molecule has 2 aromatic heterocycles. The van der Waals surface area contributed by atoms with Crippen LogP contribution in [-0.4, -0.2) is 54.3 Å². The maximum absolute atomic E-state index is 12.6. The van der Waals surface area contributed by atoms with Crippen LogP contribution in [0.4, 0.5) is 0 Å². The van der Waals surface area contributed by atoms with E-state index >= 15 is 0 Å². The largest absolute Gasteiger partial charge is 2.00 e. The summed E-state index contributed by atoms with van der Waals surface area (Å²) in [6.45, 7) is 5.48. The van der Waals surface area contributed by atoms with Gasteiger partial charge in [-0.15, -0.1) is 0 Å². The first-order valence-corrected chi connectivity index (χ1v) is 19.4. The fourth-order valence-electron chi connectivity index (χ4n) is 3.00. The zero-order valence-electron chi connectivity index (χ0n) is 17.1. The molecule has 0 aliphatic carbocycles. The van der Waals surface area contributed by atoms with E-state index in [4.69, 9.17) is 26.7 Å². The predicted molar refractivity (Wildman–Crippen MR) is 123 cm³/mol. The van der Waals surface area contributed by atoms with Crippen molar-refractivity contribution < 1.29 is 25.9 Å². The molecule has 0 saturated heterocycles. The molecule has 2 aromatic rings. The fourth-order valence-corrected chi connectivity index (χ4v) is 8.00. The smallest absolute Gasteiger partial charge is 2.00 e. The second-order valence-electron chi connectivity index (χ2n) is 6.97. The van der Waals surface area contributed by atoms with Gasteiger partial charge in [0.15, 0.2) is 0 Å². The first-order valence-electron chi connectivity index (χ1n) is 9.62. The van der Waals surface area contributed by atoms with Gasteiger partial charge in [0.2, 0.25) is 0 Å². The molecule has 8 nitrogen and oxygen atoms in total. The maximum Gasteiger partial charge on any atom is 2.00 e. The Kier molecular flexibility index (Phi) is 10.3. The second kappa shape index (κ2) is 12.0. The molecule has 1 radical (unpaired) electrons. The predicted octanol–water partition coefficient (Wildman–Crippen LogP) is 4.15. The van der Waals surface area contributed by atoms with Crippen molar-refractivity contribution in [3.63, 3.8) is 0 Å². The third-order valence-corrected chi connectivity index (χ3v) is 11.1. The molecule has 0 fully saturated rings. The van der Waals surface area contributed by atoms with Gasteiger partial charge < -0.3 is 0 Å². The maximum atomic E-state index is 12.6. The number of fused-ring (bicyclic) bond motifs is 1. The van der Waals surface area contributed by atoms with E-state index in [1.165, 1.54) is 12.1 Å². The molecule has 0 atom stereocenters. The first-order chi connectivity index (χ1) is 14.2. The van der Waals surface area contributed by atoms with Crippen LogP contribution in [0.2, 0.25) is 0 Å². The minimum absolute atomic E-state index is 0. The van der Waals surface area contributed by atoms with Gasteiger partial charge >= 0.3 is 197 Å². The number of rotatable bonds is 1. The SMILES string of the molecule is CC1=NCCC[N-][Sn]([Cl])([Cl])[N-]CCCN=C(c2cc3c(=O)oc(C)cc3oc2=O)C1.[Cu+2]. The van der Waals surface area contributed by atoms with E-state index in [0.717, 1.165) is 12.1 Å². The Bertz CT molecular complexity index is 1100. The monoisotopic (exact) mass is 623 g/mol. The topological polar surface area (TPSA) is 113 Å². The third kappa shape index (κ3) is 7.70. The van der Waals surface area contributed by atoms with E-state index in [1.807, 2.05) is 6.92 Å². The molecule has 0 bridgehead atoms. The molecular formula is C19H22Cl2CuN4O4Sn. The van der Waals surface area contributed by atoms with E-state index in [9.17, 15) is 9.59 Å². The molecule has 0 amide bonds. The molecule has 1 aliphatic rings. The van der Waals surface area contributed by atoms with Crippen LogP contribution in [0.25, 0.3) is 18.0 Å². The summed E-state index contributed by atoms with van der Waals surface area (Å²) in [6, 6.07) is 3.01. The summed E-state index contributed by atoms with van der Waals surface area (Å²) in [6.07, 6.45) is 1.71. The Morgan fingerprint density at radius 2 is 1.61 bits per heavy atom. The van der Waals surface area contributed by atoms with Crippen LogP contribution < -0.4 is 11.3 Å². The van der Waals surface area contributed by atoms with Crippen molar-refractivity contribution in [2.45, 2.75) is 33.1 Å². The molecular weight excluding hydrogens is 601 g/mol. The molecule has 12 heteroatoms. The number of halogens is 2. The van der Waals surface area contributed by atoms with Crippen LogP contribution >= 0.6 is 17.8 Å². The van der Waals surface area contributed by atoms with E-state index in [1.54, 1.807) is 6.92 Å². The Morgan fingerprint density at radius 1 is 0.968 bits per heavy atom. The third-order valence-electron chi connectivity index (χ3n) is 4.44. The number of aliphatic imine (C=N–C) groups is 2. The standard InChI is InChI=1S/C19H22N4O4.2ClH.Cu.Sn/c1-12(22-7-3-5-20)9-16(23-8-4-6-21)14-11-15-17(27-18(14)24)10-13(2)26-19(15)25;;;;/h10-11H,3-9H2,1-2H3;2*1H;;/q-2;;;2*+2/p-2. The Morgan fingerprint density at radius 3 is 2.29 bits per heavy atom. The molecule has 0 aromatic carbocycles. The molecule has 0 N–H and O–H groups in total. The quantitative estimate of drug-likeness (QED) is 0.445. The van der Waals surface area contributed by atoms with Gasteiger partial charge in [0.25, 0.3) is 0 Å². The number of hydrogen-bond acceptors (Lipinski definition) is 6. The normalized spacial score (nSPS) is 18.5. The molecule has 3 heterocycles. The van der Waals surface area contributed by atoms with Crippen molar-refractivity contribution in [2.24, 2.45) is 9.98 Å². The molecule has 171 valence electrons. The van der Waals surface area contributed by atoms with E-state index in [2.05, 4.69) is 17.1 Å². The zero-order valence-corrected chi connectivity index (χ0v) is 22.4. The van der Waals surface area contributed by atoms with Gasteiger partial charge in [-0.05, 0) is 6.92 Å². The summed E-state index contributed by atoms with van der Waals surface area (Å²) in [5, 5.41) is 0.201. The van der Waals surface area contributed by atoms with Crippen LogP contribution in [-0.2, 0) is 17.1 Å². The van der Waals surface area contributed by atoms with Gasteiger partial charge in [0, 0.05) is 0 Å². The number of aryl methyl sites for hydroxylation is 1. The molecule has 1 aliphatic heterocycles. The second-order valence-corrected chi connectivity index (χ2v) is 20.1. The summed E-state index contributed by atoms with van der Waals surface area (Å²) in [5.74, 6) is 0.372. The van der Waals surface area contributed by atoms with Gasteiger partial charge in [0.05, 0.1) is 0 Å². The van der Waals surface area contributed by atoms with Crippen LogP contribution in [0.3, 0.4) is 0 Å². The fraction of sp³-hybridized carbons (Fsp3) is 0.474.